The summed E-state index contributed by atoms with van der Waals surface area (Å²) in [6.07, 6.45) is 3.66. The number of pyridine rings is 1. The van der Waals surface area contributed by atoms with Gasteiger partial charge in [-0.2, -0.15) is 0 Å². The molecule has 3 rings (SSSR count). The average molecular weight is 332 g/mol. The second-order valence-corrected chi connectivity index (χ2v) is 6.43. The van der Waals surface area contributed by atoms with Crippen LogP contribution in [0.5, 0.6) is 0 Å². The van der Waals surface area contributed by atoms with Crippen LogP contribution in [0.4, 0.5) is 8.78 Å². The fraction of sp³-hybridized carbons (Fsp3) is 0.389. The lowest BCUT2D eigenvalue weighted by molar-refractivity contribution is 0.260. The van der Waals surface area contributed by atoms with Crippen LogP contribution < -0.4 is 10.9 Å². The maximum absolute atomic E-state index is 14.1. The zero-order valence-electron chi connectivity index (χ0n) is 13.9. The minimum atomic E-state index is -0.552. The number of halogens is 2. The van der Waals surface area contributed by atoms with E-state index >= 15 is 0 Å². The van der Waals surface area contributed by atoms with E-state index in [1.54, 1.807) is 6.20 Å². The van der Waals surface area contributed by atoms with Gasteiger partial charge in [0, 0.05) is 49.6 Å². The van der Waals surface area contributed by atoms with E-state index in [1.165, 1.54) is 17.7 Å². The number of hydrogen-bond donors (Lipinski definition) is 2. The van der Waals surface area contributed by atoms with E-state index in [-0.39, 0.29) is 12.0 Å². The van der Waals surface area contributed by atoms with Gasteiger partial charge in [-0.3, -0.25) is 10.4 Å². The number of hydrogen-bond acceptors (Lipinski definition) is 4. The Morgan fingerprint density at radius 3 is 2.88 bits per heavy atom. The van der Waals surface area contributed by atoms with E-state index in [2.05, 4.69) is 27.8 Å². The van der Waals surface area contributed by atoms with Crippen molar-refractivity contribution in [2.24, 2.45) is 5.92 Å². The van der Waals surface area contributed by atoms with Crippen molar-refractivity contribution in [2.45, 2.75) is 19.5 Å². The first-order chi connectivity index (χ1) is 11.5. The fourth-order valence-electron chi connectivity index (χ4n) is 3.23. The van der Waals surface area contributed by atoms with E-state index in [4.69, 9.17) is 0 Å². The summed E-state index contributed by atoms with van der Waals surface area (Å²) in [6, 6.07) is 5.62. The van der Waals surface area contributed by atoms with Crippen LogP contribution in [0.2, 0.25) is 0 Å². The summed E-state index contributed by atoms with van der Waals surface area (Å²) in [5.74, 6) is -0.866. The van der Waals surface area contributed by atoms with Crippen LogP contribution >= 0.6 is 0 Å². The predicted molar refractivity (Wildman–Crippen MR) is 89.0 cm³/mol. The molecule has 2 heterocycles. The third-order valence-electron chi connectivity index (χ3n) is 4.51. The van der Waals surface area contributed by atoms with Gasteiger partial charge in [0.05, 0.1) is 6.04 Å². The molecule has 1 saturated heterocycles. The molecule has 0 spiro atoms. The molecule has 24 heavy (non-hydrogen) atoms. The highest BCUT2D eigenvalue weighted by molar-refractivity contribution is 5.24. The number of nitrogens with one attached hydrogen (secondary N) is 2. The molecule has 0 bridgehead atoms. The molecule has 2 unspecified atom stereocenters. The molecule has 6 heteroatoms. The number of hydrazine groups is 1. The molecule has 1 aliphatic rings. The van der Waals surface area contributed by atoms with Crippen LogP contribution in [0, 0.1) is 24.5 Å². The van der Waals surface area contributed by atoms with Gasteiger partial charge < -0.3 is 4.90 Å². The number of rotatable bonds is 5. The quantitative estimate of drug-likeness (QED) is 0.883. The molecule has 0 amide bonds. The normalized spacial score (nSPS) is 20.7. The third-order valence-corrected chi connectivity index (χ3v) is 4.51. The maximum Gasteiger partial charge on any atom is 0.130 e. The van der Waals surface area contributed by atoms with Crippen LogP contribution in [-0.2, 0) is 6.54 Å². The highest BCUT2D eigenvalue weighted by Crippen LogP contribution is 2.28. The summed E-state index contributed by atoms with van der Waals surface area (Å²) in [6.45, 7) is 4.39. The summed E-state index contributed by atoms with van der Waals surface area (Å²) in [5, 5.41) is 0. The highest BCUT2D eigenvalue weighted by atomic mass is 19.1. The first kappa shape index (κ1) is 17.0. The van der Waals surface area contributed by atoms with E-state index < -0.39 is 11.6 Å². The Kier molecular flexibility index (Phi) is 5.18. The summed E-state index contributed by atoms with van der Waals surface area (Å²) < 4.78 is 27.2. The Balaban J connectivity index is 1.68. The van der Waals surface area contributed by atoms with E-state index in [1.807, 2.05) is 19.2 Å². The summed E-state index contributed by atoms with van der Waals surface area (Å²) in [4.78, 5) is 6.33. The fourth-order valence-corrected chi connectivity index (χ4v) is 3.23. The predicted octanol–water partition coefficient (Wildman–Crippen LogP) is 2.57. The van der Waals surface area contributed by atoms with Crippen molar-refractivity contribution < 1.29 is 8.78 Å². The zero-order valence-corrected chi connectivity index (χ0v) is 13.9. The molecular weight excluding hydrogens is 310 g/mol. The molecule has 4 nitrogen and oxygen atoms in total. The third kappa shape index (κ3) is 3.77. The van der Waals surface area contributed by atoms with Gasteiger partial charge in [-0.05, 0) is 37.2 Å². The minimum absolute atomic E-state index is 0.174. The summed E-state index contributed by atoms with van der Waals surface area (Å²) in [5.41, 5.74) is 9.10. The van der Waals surface area contributed by atoms with Crippen molar-refractivity contribution >= 4 is 0 Å². The summed E-state index contributed by atoms with van der Waals surface area (Å²) in [7, 11) is 2.05. The topological polar surface area (TPSA) is 40.2 Å². The van der Waals surface area contributed by atoms with Crippen LogP contribution in [-0.4, -0.2) is 30.0 Å². The lowest BCUT2D eigenvalue weighted by atomic mass is 9.94. The first-order valence-corrected chi connectivity index (χ1v) is 8.06. The molecule has 1 aromatic heterocycles. The lowest BCUT2D eigenvalue weighted by Gasteiger charge is -2.25. The van der Waals surface area contributed by atoms with Gasteiger partial charge in [-0.25, -0.2) is 14.2 Å². The molecule has 2 aromatic rings. The van der Waals surface area contributed by atoms with Crippen LogP contribution in [0.3, 0.4) is 0 Å². The smallest absolute Gasteiger partial charge is 0.130 e. The molecule has 2 N–H and O–H groups in total. The van der Waals surface area contributed by atoms with Crippen molar-refractivity contribution in [3.8, 4) is 0 Å². The van der Waals surface area contributed by atoms with Gasteiger partial charge in [0.15, 0.2) is 0 Å². The maximum atomic E-state index is 14.1. The molecule has 0 saturated carbocycles. The van der Waals surface area contributed by atoms with Gasteiger partial charge in [-0.15, -0.1) is 0 Å². The van der Waals surface area contributed by atoms with E-state index in [0.717, 1.165) is 31.3 Å². The largest absolute Gasteiger partial charge is 0.302 e. The molecule has 1 fully saturated rings. The Hall–Kier alpha value is -1.89. The molecule has 1 aliphatic heterocycles. The SMILES string of the molecule is Cc1cnccc1CN(C)CC1CNNC1c1ccc(F)cc1F. The van der Waals surface area contributed by atoms with Crippen molar-refractivity contribution in [1.29, 1.82) is 0 Å². The molecular formula is C18H22F2N4. The Morgan fingerprint density at radius 1 is 1.29 bits per heavy atom. The second-order valence-electron chi connectivity index (χ2n) is 6.43. The number of nitrogens with zero attached hydrogens (tertiary/aromatic N) is 2. The molecule has 0 radical (unpaired) electrons. The van der Waals surface area contributed by atoms with Gasteiger partial charge in [-0.1, -0.05) is 6.07 Å². The van der Waals surface area contributed by atoms with Crippen LogP contribution in [0.1, 0.15) is 22.7 Å². The molecule has 1 aromatic carbocycles. The zero-order chi connectivity index (χ0) is 17.1. The standard InChI is InChI=1S/C18H22F2N4/c1-12-8-21-6-5-13(12)10-24(2)11-14-9-22-23-18(14)16-4-3-15(19)7-17(16)20/h3-8,14,18,22-23H,9-11H2,1-2H3. The molecule has 128 valence electrons. The Bertz CT molecular complexity index is 707. The van der Waals surface area contributed by atoms with Crippen molar-refractivity contribution in [3.05, 3.63) is 65.0 Å². The number of benzene rings is 1. The van der Waals surface area contributed by atoms with Crippen LogP contribution in [0.15, 0.2) is 36.7 Å². The van der Waals surface area contributed by atoms with Gasteiger partial charge in [0.2, 0.25) is 0 Å². The van der Waals surface area contributed by atoms with E-state index in [0.29, 0.717) is 5.56 Å². The first-order valence-electron chi connectivity index (χ1n) is 8.06. The van der Waals surface area contributed by atoms with Crippen molar-refractivity contribution in [1.82, 2.24) is 20.7 Å². The lowest BCUT2D eigenvalue weighted by Crippen LogP contribution is -2.30. The second kappa shape index (κ2) is 7.34. The van der Waals surface area contributed by atoms with Gasteiger partial charge in [0.25, 0.3) is 0 Å². The van der Waals surface area contributed by atoms with Crippen molar-refractivity contribution in [3.63, 3.8) is 0 Å². The Morgan fingerprint density at radius 2 is 2.12 bits per heavy atom. The monoisotopic (exact) mass is 332 g/mol. The number of aryl methyl sites for hydroxylation is 1. The Labute approximate surface area is 140 Å². The van der Waals surface area contributed by atoms with Crippen molar-refractivity contribution in [2.75, 3.05) is 20.1 Å². The van der Waals surface area contributed by atoms with Gasteiger partial charge in [0.1, 0.15) is 11.6 Å². The van der Waals surface area contributed by atoms with Crippen LogP contribution in [0.25, 0.3) is 0 Å². The summed E-state index contributed by atoms with van der Waals surface area (Å²) >= 11 is 0. The average Bonchev–Trinajstić information content (AvgIpc) is 2.97. The van der Waals surface area contributed by atoms with E-state index in [9.17, 15) is 8.78 Å². The highest BCUT2D eigenvalue weighted by Gasteiger charge is 2.31. The minimum Gasteiger partial charge on any atom is -0.302 e. The molecule has 0 aliphatic carbocycles. The van der Waals surface area contributed by atoms with Gasteiger partial charge >= 0.3 is 0 Å². The number of aromatic nitrogens is 1. The molecule has 2 atom stereocenters.